The van der Waals surface area contributed by atoms with Crippen LogP contribution in [0.2, 0.25) is 0 Å². The largest absolute Gasteiger partial charge is 0.459 e. The lowest BCUT2D eigenvalue weighted by Gasteiger charge is -2.35. The topological polar surface area (TPSA) is 36.7 Å². The van der Waals surface area contributed by atoms with E-state index in [0.717, 1.165) is 25.9 Å². The van der Waals surface area contributed by atoms with Gasteiger partial charge in [0.15, 0.2) is 5.76 Å². The second-order valence-corrected chi connectivity index (χ2v) is 4.49. The van der Waals surface area contributed by atoms with Crippen LogP contribution in [0, 0.1) is 0 Å². The molecular formula is C12H18N2O2. The molecule has 0 N–H and O–H groups in total. The third kappa shape index (κ3) is 2.27. The van der Waals surface area contributed by atoms with Crippen LogP contribution in [0.5, 0.6) is 0 Å². The standard InChI is InChI=1S/C12H18N2O2/c1-13(2)10-5-3-7-14(9-10)12(15)11-6-4-8-16-11/h4,6,8,10H,3,5,7,9H2,1-2H3. The number of likely N-dealkylation sites (N-methyl/N-ethyl adjacent to an activating group) is 1. The zero-order valence-corrected chi connectivity index (χ0v) is 9.85. The van der Waals surface area contributed by atoms with Gasteiger partial charge in [-0.05, 0) is 39.1 Å². The predicted molar refractivity (Wildman–Crippen MR) is 61.3 cm³/mol. The molecule has 4 nitrogen and oxygen atoms in total. The van der Waals surface area contributed by atoms with Gasteiger partial charge in [0.05, 0.1) is 6.26 Å². The van der Waals surface area contributed by atoms with Gasteiger partial charge in [0.25, 0.3) is 5.91 Å². The molecule has 1 unspecified atom stereocenters. The molecular weight excluding hydrogens is 204 g/mol. The zero-order valence-electron chi connectivity index (χ0n) is 9.85. The van der Waals surface area contributed by atoms with Crippen molar-refractivity contribution in [1.82, 2.24) is 9.80 Å². The van der Waals surface area contributed by atoms with E-state index in [-0.39, 0.29) is 5.91 Å². The van der Waals surface area contributed by atoms with Crippen LogP contribution in [-0.2, 0) is 0 Å². The molecule has 88 valence electrons. The molecule has 2 rings (SSSR count). The lowest BCUT2D eigenvalue weighted by atomic mass is 10.0. The van der Waals surface area contributed by atoms with Crippen molar-refractivity contribution in [2.24, 2.45) is 0 Å². The van der Waals surface area contributed by atoms with Crippen molar-refractivity contribution in [3.8, 4) is 0 Å². The molecule has 1 aromatic heterocycles. The van der Waals surface area contributed by atoms with Crippen LogP contribution in [0.3, 0.4) is 0 Å². The average Bonchev–Trinajstić information content (AvgIpc) is 2.81. The van der Waals surface area contributed by atoms with Crippen LogP contribution >= 0.6 is 0 Å². The summed E-state index contributed by atoms with van der Waals surface area (Å²) >= 11 is 0. The smallest absolute Gasteiger partial charge is 0.289 e. The first-order valence-electron chi connectivity index (χ1n) is 5.67. The second-order valence-electron chi connectivity index (χ2n) is 4.49. The third-order valence-electron chi connectivity index (χ3n) is 3.15. The number of piperidine rings is 1. The molecule has 1 fully saturated rings. The lowest BCUT2D eigenvalue weighted by Crippen LogP contribution is -2.47. The minimum absolute atomic E-state index is 0.0107. The fourth-order valence-electron chi connectivity index (χ4n) is 2.12. The van der Waals surface area contributed by atoms with E-state index in [9.17, 15) is 4.79 Å². The van der Waals surface area contributed by atoms with Crippen LogP contribution < -0.4 is 0 Å². The maximum atomic E-state index is 12.0. The summed E-state index contributed by atoms with van der Waals surface area (Å²) < 4.78 is 5.14. The monoisotopic (exact) mass is 222 g/mol. The maximum Gasteiger partial charge on any atom is 0.289 e. The highest BCUT2D eigenvalue weighted by molar-refractivity contribution is 5.91. The molecule has 0 aromatic carbocycles. The molecule has 16 heavy (non-hydrogen) atoms. The first kappa shape index (κ1) is 11.2. The summed E-state index contributed by atoms with van der Waals surface area (Å²) in [5.41, 5.74) is 0. The Kier molecular flexibility index (Phi) is 3.29. The Bertz CT molecular complexity index is 346. The molecule has 1 aliphatic rings. The van der Waals surface area contributed by atoms with Gasteiger partial charge in [-0.2, -0.15) is 0 Å². The second kappa shape index (κ2) is 4.70. The quantitative estimate of drug-likeness (QED) is 0.760. The van der Waals surface area contributed by atoms with Gasteiger partial charge in [-0.25, -0.2) is 0 Å². The summed E-state index contributed by atoms with van der Waals surface area (Å²) in [4.78, 5) is 16.1. The first-order chi connectivity index (χ1) is 7.68. The third-order valence-corrected chi connectivity index (χ3v) is 3.15. The summed E-state index contributed by atoms with van der Waals surface area (Å²) in [5.74, 6) is 0.455. The molecule has 0 saturated carbocycles. The fourth-order valence-corrected chi connectivity index (χ4v) is 2.12. The summed E-state index contributed by atoms with van der Waals surface area (Å²) in [6, 6.07) is 3.94. The molecule has 0 bridgehead atoms. The van der Waals surface area contributed by atoms with Crippen LogP contribution in [0.1, 0.15) is 23.4 Å². The van der Waals surface area contributed by atoms with E-state index in [4.69, 9.17) is 4.42 Å². The van der Waals surface area contributed by atoms with Gasteiger partial charge in [0.2, 0.25) is 0 Å². The molecule has 4 heteroatoms. The number of rotatable bonds is 2. The Hall–Kier alpha value is -1.29. The van der Waals surface area contributed by atoms with Crippen molar-refractivity contribution in [2.45, 2.75) is 18.9 Å². The van der Waals surface area contributed by atoms with E-state index in [1.807, 2.05) is 4.90 Å². The van der Waals surface area contributed by atoms with E-state index in [0.29, 0.717) is 11.8 Å². The molecule has 2 heterocycles. The highest BCUT2D eigenvalue weighted by Crippen LogP contribution is 2.16. The number of likely N-dealkylation sites (tertiary alicyclic amines) is 1. The van der Waals surface area contributed by atoms with E-state index in [2.05, 4.69) is 19.0 Å². The average molecular weight is 222 g/mol. The molecule has 1 saturated heterocycles. The fraction of sp³-hybridized carbons (Fsp3) is 0.583. The number of hydrogen-bond donors (Lipinski definition) is 0. The summed E-state index contributed by atoms with van der Waals surface area (Å²) in [7, 11) is 4.12. The number of carbonyl (C=O) groups is 1. The van der Waals surface area contributed by atoms with Crippen LogP contribution in [0.25, 0.3) is 0 Å². The van der Waals surface area contributed by atoms with Crippen molar-refractivity contribution >= 4 is 5.91 Å². The normalized spacial score (nSPS) is 21.4. The minimum Gasteiger partial charge on any atom is -0.459 e. The van der Waals surface area contributed by atoms with Crippen molar-refractivity contribution < 1.29 is 9.21 Å². The molecule has 1 aliphatic heterocycles. The van der Waals surface area contributed by atoms with Crippen molar-refractivity contribution in [3.63, 3.8) is 0 Å². The Labute approximate surface area is 95.8 Å². The number of amides is 1. The van der Waals surface area contributed by atoms with Crippen LogP contribution in [0.15, 0.2) is 22.8 Å². The van der Waals surface area contributed by atoms with E-state index in [1.165, 1.54) is 0 Å². The Morgan fingerprint density at radius 2 is 2.38 bits per heavy atom. The van der Waals surface area contributed by atoms with E-state index < -0.39 is 0 Å². The molecule has 1 amide bonds. The van der Waals surface area contributed by atoms with Gasteiger partial charge in [0.1, 0.15) is 0 Å². The van der Waals surface area contributed by atoms with Crippen LogP contribution in [-0.4, -0.2) is 48.9 Å². The van der Waals surface area contributed by atoms with E-state index in [1.54, 1.807) is 18.4 Å². The molecule has 0 aliphatic carbocycles. The summed E-state index contributed by atoms with van der Waals surface area (Å²) in [6.07, 6.45) is 3.77. The zero-order chi connectivity index (χ0) is 11.5. The molecule has 0 radical (unpaired) electrons. The Morgan fingerprint density at radius 1 is 1.56 bits per heavy atom. The predicted octanol–water partition coefficient (Wildman–Crippen LogP) is 1.45. The minimum atomic E-state index is 0.0107. The molecule has 0 spiro atoms. The van der Waals surface area contributed by atoms with Gasteiger partial charge in [-0.1, -0.05) is 0 Å². The Morgan fingerprint density at radius 3 is 3.00 bits per heavy atom. The number of hydrogen-bond acceptors (Lipinski definition) is 3. The van der Waals surface area contributed by atoms with Crippen molar-refractivity contribution in [2.75, 3.05) is 27.2 Å². The first-order valence-corrected chi connectivity index (χ1v) is 5.67. The maximum absolute atomic E-state index is 12.0. The van der Waals surface area contributed by atoms with Crippen molar-refractivity contribution in [1.29, 1.82) is 0 Å². The van der Waals surface area contributed by atoms with Gasteiger partial charge in [-0.15, -0.1) is 0 Å². The van der Waals surface area contributed by atoms with Gasteiger partial charge >= 0.3 is 0 Å². The molecule has 1 atom stereocenters. The summed E-state index contributed by atoms with van der Waals surface area (Å²) in [6.45, 7) is 1.64. The Balaban J connectivity index is 2.02. The van der Waals surface area contributed by atoms with Gasteiger partial charge in [-0.3, -0.25) is 4.79 Å². The lowest BCUT2D eigenvalue weighted by molar-refractivity contribution is 0.0604. The SMILES string of the molecule is CN(C)C1CCCN(C(=O)c2ccco2)C1. The highest BCUT2D eigenvalue weighted by Gasteiger charge is 2.26. The van der Waals surface area contributed by atoms with Crippen LogP contribution in [0.4, 0.5) is 0 Å². The highest BCUT2D eigenvalue weighted by atomic mass is 16.3. The number of carbonyl (C=O) groups excluding carboxylic acids is 1. The number of nitrogens with zero attached hydrogens (tertiary/aromatic N) is 2. The van der Waals surface area contributed by atoms with Crippen molar-refractivity contribution in [3.05, 3.63) is 24.2 Å². The number of furan rings is 1. The molecule has 1 aromatic rings. The van der Waals surface area contributed by atoms with E-state index >= 15 is 0 Å². The van der Waals surface area contributed by atoms with Gasteiger partial charge in [0, 0.05) is 19.1 Å². The summed E-state index contributed by atoms with van der Waals surface area (Å²) in [5, 5.41) is 0. The van der Waals surface area contributed by atoms with Gasteiger partial charge < -0.3 is 14.2 Å².